The Morgan fingerprint density at radius 2 is 2.00 bits per heavy atom. The summed E-state index contributed by atoms with van der Waals surface area (Å²) >= 11 is 0. The van der Waals surface area contributed by atoms with Gasteiger partial charge in [-0.3, -0.25) is 4.99 Å². The number of aromatic nitrogens is 2. The first kappa shape index (κ1) is 17.7. The topological polar surface area (TPSA) is 54.2 Å². The van der Waals surface area contributed by atoms with E-state index < -0.39 is 0 Å². The Labute approximate surface area is 152 Å². The van der Waals surface area contributed by atoms with E-state index in [1.165, 1.54) is 6.07 Å². The highest BCUT2D eigenvalue weighted by molar-refractivity contribution is 5.79. The molecule has 1 heterocycles. The summed E-state index contributed by atoms with van der Waals surface area (Å²) in [5.74, 6) is 0.513. The lowest BCUT2D eigenvalue weighted by Gasteiger charge is -2.13. The molecule has 2 N–H and O–H groups in total. The Bertz CT molecular complexity index is 858. The van der Waals surface area contributed by atoms with Gasteiger partial charge < -0.3 is 10.6 Å². The Morgan fingerprint density at radius 3 is 2.77 bits per heavy atom. The zero-order valence-electron chi connectivity index (χ0n) is 14.7. The third kappa shape index (κ3) is 4.69. The first-order valence-electron chi connectivity index (χ1n) is 8.53. The second kappa shape index (κ2) is 8.80. The predicted octanol–water partition coefficient (Wildman–Crippen LogP) is 2.92. The summed E-state index contributed by atoms with van der Waals surface area (Å²) < 4.78 is 15.5. The van der Waals surface area contributed by atoms with Crippen molar-refractivity contribution in [2.45, 2.75) is 13.0 Å². The molecule has 1 aromatic heterocycles. The summed E-state index contributed by atoms with van der Waals surface area (Å²) in [4.78, 5) is 4.21. The number of nitrogens with one attached hydrogen (secondary N) is 2. The quantitative estimate of drug-likeness (QED) is 0.530. The Balaban J connectivity index is 1.51. The summed E-state index contributed by atoms with van der Waals surface area (Å²) in [7, 11) is 1.72. The summed E-state index contributed by atoms with van der Waals surface area (Å²) in [6, 6.07) is 16.9. The molecule has 0 saturated heterocycles. The van der Waals surface area contributed by atoms with Gasteiger partial charge in [-0.25, -0.2) is 9.07 Å². The SMILES string of the molecule is CN=C(NCCc1ccccc1F)NCc1cccc(-n2cccn2)c1. The minimum atomic E-state index is -0.173. The molecular formula is C20H22FN5. The van der Waals surface area contributed by atoms with Crippen molar-refractivity contribution >= 4 is 5.96 Å². The van der Waals surface area contributed by atoms with Gasteiger partial charge >= 0.3 is 0 Å². The molecule has 0 radical (unpaired) electrons. The molecule has 0 atom stereocenters. The van der Waals surface area contributed by atoms with Crippen LogP contribution in [0.1, 0.15) is 11.1 Å². The molecule has 2 aromatic carbocycles. The summed E-state index contributed by atoms with van der Waals surface area (Å²) in [6.45, 7) is 1.24. The number of rotatable bonds is 6. The number of nitrogens with zero attached hydrogens (tertiary/aromatic N) is 3. The van der Waals surface area contributed by atoms with Crippen LogP contribution in [0.5, 0.6) is 0 Å². The molecule has 0 aliphatic rings. The number of benzene rings is 2. The zero-order chi connectivity index (χ0) is 18.2. The first-order valence-corrected chi connectivity index (χ1v) is 8.53. The van der Waals surface area contributed by atoms with E-state index in [9.17, 15) is 4.39 Å². The van der Waals surface area contributed by atoms with Crippen LogP contribution in [0.15, 0.2) is 72.0 Å². The van der Waals surface area contributed by atoms with Crippen LogP contribution in [0.25, 0.3) is 5.69 Å². The lowest BCUT2D eigenvalue weighted by atomic mass is 10.1. The molecule has 0 spiro atoms. The largest absolute Gasteiger partial charge is 0.356 e. The predicted molar refractivity (Wildman–Crippen MR) is 102 cm³/mol. The van der Waals surface area contributed by atoms with E-state index in [1.807, 2.05) is 41.2 Å². The lowest BCUT2D eigenvalue weighted by Crippen LogP contribution is -2.37. The number of aliphatic imine (C=N–C) groups is 1. The first-order chi connectivity index (χ1) is 12.8. The molecule has 0 unspecified atom stereocenters. The van der Waals surface area contributed by atoms with Gasteiger partial charge in [0.15, 0.2) is 5.96 Å². The summed E-state index contributed by atoms with van der Waals surface area (Å²) in [5.41, 5.74) is 2.83. The maximum atomic E-state index is 13.6. The van der Waals surface area contributed by atoms with Gasteiger partial charge in [0.05, 0.1) is 5.69 Å². The molecule has 26 heavy (non-hydrogen) atoms. The van der Waals surface area contributed by atoms with Crippen molar-refractivity contribution in [2.75, 3.05) is 13.6 Å². The van der Waals surface area contributed by atoms with Crippen LogP contribution in [0.3, 0.4) is 0 Å². The highest BCUT2D eigenvalue weighted by atomic mass is 19.1. The van der Waals surface area contributed by atoms with Crippen LogP contribution >= 0.6 is 0 Å². The molecule has 0 amide bonds. The standard InChI is InChI=1S/C20H22FN5/c1-22-20(23-12-10-17-7-2-3-9-19(17)21)24-15-16-6-4-8-18(14-16)26-13-5-11-25-26/h2-9,11,13-14H,10,12,15H2,1H3,(H2,22,23,24). The fraction of sp³-hybridized carbons (Fsp3) is 0.200. The van der Waals surface area contributed by atoms with Gasteiger partial charge in [-0.2, -0.15) is 5.10 Å². The van der Waals surface area contributed by atoms with Crippen molar-refractivity contribution in [3.8, 4) is 5.69 Å². The van der Waals surface area contributed by atoms with Gasteiger partial charge in [-0.05, 0) is 41.8 Å². The molecule has 0 aliphatic heterocycles. The number of halogens is 1. The summed E-state index contributed by atoms with van der Waals surface area (Å²) in [6.07, 6.45) is 4.27. The second-order valence-corrected chi connectivity index (χ2v) is 5.81. The van der Waals surface area contributed by atoms with E-state index in [0.29, 0.717) is 31.0 Å². The van der Waals surface area contributed by atoms with Crippen LogP contribution in [-0.4, -0.2) is 29.3 Å². The van der Waals surface area contributed by atoms with Gasteiger partial charge in [-0.15, -0.1) is 0 Å². The lowest BCUT2D eigenvalue weighted by molar-refractivity contribution is 0.606. The van der Waals surface area contributed by atoms with Crippen molar-refractivity contribution in [3.63, 3.8) is 0 Å². The van der Waals surface area contributed by atoms with Crippen molar-refractivity contribution < 1.29 is 4.39 Å². The fourth-order valence-electron chi connectivity index (χ4n) is 2.65. The molecule has 134 valence electrons. The smallest absolute Gasteiger partial charge is 0.191 e. The van der Waals surface area contributed by atoms with Crippen LogP contribution in [0, 0.1) is 5.82 Å². The van der Waals surface area contributed by atoms with Crippen LogP contribution < -0.4 is 10.6 Å². The molecule has 0 bridgehead atoms. The highest BCUT2D eigenvalue weighted by Gasteiger charge is 2.03. The van der Waals surface area contributed by atoms with Gasteiger partial charge in [0.25, 0.3) is 0 Å². The number of hydrogen-bond acceptors (Lipinski definition) is 2. The minimum absolute atomic E-state index is 0.173. The Morgan fingerprint density at radius 1 is 1.12 bits per heavy atom. The molecule has 6 heteroatoms. The monoisotopic (exact) mass is 351 g/mol. The Kier molecular flexibility index (Phi) is 5.98. The molecule has 0 fully saturated rings. The normalized spacial score (nSPS) is 11.4. The van der Waals surface area contributed by atoms with E-state index in [1.54, 1.807) is 25.4 Å². The van der Waals surface area contributed by atoms with Crippen LogP contribution in [0.4, 0.5) is 4.39 Å². The van der Waals surface area contributed by atoms with Gasteiger partial charge in [0.2, 0.25) is 0 Å². The van der Waals surface area contributed by atoms with E-state index in [-0.39, 0.29) is 5.82 Å². The van der Waals surface area contributed by atoms with Crippen molar-refractivity contribution in [1.29, 1.82) is 0 Å². The van der Waals surface area contributed by atoms with E-state index >= 15 is 0 Å². The Hall–Kier alpha value is -3.15. The van der Waals surface area contributed by atoms with Gasteiger partial charge in [0, 0.05) is 32.5 Å². The van der Waals surface area contributed by atoms with Crippen molar-refractivity contribution in [1.82, 2.24) is 20.4 Å². The zero-order valence-corrected chi connectivity index (χ0v) is 14.7. The second-order valence-electron chi connectivity index (χ2n) is 5.81. The maximum absolute atomic E-state index is 13.6. The molecule has 0 saturated carbocycles. The fourth-order valence-corrected chi connectivity index (χ4v) is 2.65. The average Bonchev–Trinajstić information content (AvgIpc) is 3.21. The molecule has 3 rings (SSSR count). The highest BCUT2D eigenvalue weighted by Crippen LogP contribution is 2.09. The molecule has 3 aromatic rings. The molecule has 5 nitrogen and oxygen atoms in total. The molecular weight excluding hydrogens is 329 g/mol. The van der Waals surface area contributed by atoms with Crippen LogP contribution in [0.2, 0.25) is 0 Å². The van der Waals surface area contributed by atoms with E-state index in [2.05, 4.69) is 26.8 Å². The third-order valence-electron chi connectivity index (χ3n) is 4.01. The van der Waals surface area contributed by atoms with Gasteiger partial charge in [-0.1, -0.05) is 30.3 Å². The van der Waals surface area contributed by atoms with Gasteiger partial charge in [0.1, 0.15) is 5.82 Å². The van der Waals surface area contributed by atoms with Crippen LogP contribution in [-0.2, 0) is 13.0 Å². The van der Waals surface area contributed by atoms with Crippen molar-refractivity contribution in [3.05, 3.63) is 83.9 Å². The minimum Gasteiger partial charge on any atom is -0.356 e. The number of hydrogen-bond donors (Lipinski definition) is 2. The number of guanidine groups is 1. The third-order valence-corrected chi connectivity index (χ3v) is 4.01. The van der Waals surface area contributed by atoms with Crippen molar-refractivity contribution in [2.24, 2.45) is 4.99 Å². The average molecular weight is 351 g/mol. The molecule has 0 aliphatic carbocycles. The van der Waals surface area contributed by atoms with E-state index in [0.717, 1.165) is 11.3 Å². The maximum Gasteiger partial charge on any atom is 0.191 e. The summed E-state index contributed by atoms with van der Waals surface area (Å²) in [5, 5.41) is 10.7. The van der Waals surface area contributed by atoms with E-state index in [4.69, 9.17) is 0 Å².